The van der Waals surface area contributed by atoms with Crippen LogP contribution in [0.25, 0.3) is 0 Å². The van der Waals surface area contributed by atoms with Crippen LogP contribution in [0.15, 0.2) is 24.3 Å². The van der Waals surface area contributed by atoms with Crippen molar-refractivity contribution in [3.63, 3.8) is 0 Å². The first-order valence-corrected chi connectivity index (χ1v) is 4.53. The third-order valence-corrected chi connectivity index (χ3v) is 2.55. The Labute approximate surface area is 82.3 Å². The standard InChI is InChI=1S/C11H12O3/c1-11(2)9(10(12)13)7-5-3-4-6-8(7)14-11/h3-6,9H,1-2H3,(H,12,13). The van der Waals surface area contributed by atoms with Crippen molar-refractivity contribution in [2.24, 2.45) is 0 Å². The minimum Gasteiger partial charge on any atom is -0.486 e. The number of carboxylic acids is 1. The third-order valence-electron chi connectivity index (χ3n) is 2.55. The fourth-order valence-corrected chi connectivity index (χ4v) is 1.96. The predicted octanol–water partition coefficient (Wildman–Crippen LogP) is 2.03. The topological polar surface area (TPSA) is 46.5 Å². The Morgan fingerprint density at radius 3 is 2.71 bits per heavy atom. The van der Waals surface area contributed by atoms with Gasteiger partial charge in [-0.25, -0.2) is 0 Å². The van der Waals surface area contributed by atoms with Gasteiger partial charge in [0.05, 0.1) is 0 Å². The second-order valence-corrected chi connectivity index (χ2v) is 4.01. The van der Waals surface area contributed by atoms with Crippen LogP contribution in [-0.4, -0.2) is 16.7 Å². The lowest BCUT2D eigenvalue weighted by Crippen LogP contribution is -2.34. The summed E-state index contributed by atoms with van der Waals surface area (Å²) in [5, 5.41) is 9.12. The number of carbonyl (C=O) groups is 1. The van der Waals surface area contributed by atoms with Gasteiger partial charge >= 0.3 is 5.97 Å². The molecule has 3 nitrogen and oxygen atoms in total. The van der Waals surface area contributed by atoms with Crippen LogP contribution >= 0.6 is 0 Å². The maximum atomic E-state index is 11.1. The number of fused-ring (bicyclic) bond motifs is 1. The number of carboxylic acid groups (broad SMARTS) is 1. The lowest BCUT2D eigenvalue weighted by molar-refractivity contribution is -0.142. The molecule has 0 aromatic heterocycles. The second kappa shape index (κ2) is 2.74. The summed E-state index contributed by atoms with van der Waals surface area (Å²) in [5.41, 5.74) is 0.111. The molecule has 0 aliphatic carbocycles. The van der Waals surface area contributed by atoms with Crippen LogP contribution < -0.4 is 4.74 Å². The van der Waals surface area contributed by atoms with Gasteiger partial charge in [-0.1, -0.05) is 18.2 Å². The van der Waals surface area contributed by atoms with Crippen molar-refractivity contribution in [1.82, 2.24) is 0 Å². The van der Waals surface area contributed by atoms with Crippen LogP contribution in [-0.2, 0) is 4.79 Å². The molecule has 0 amide bonds. The molecule has 1 unspecified atom stereocenters. The number of hydrogen-bond acceptors (Lipinski definition) is 2. The molecule has 1 aromatic carbocycles. The van der Waals surface area contributed by atoms with Gasteiger partial charge in [0.25, 0.3) is 0 Å². The zero-order chi connectivity index (χ0) is 10.3. The molecule has 3 heteroatoms. The summed E-state index contributed by atoms with van der Waals surface area (Å²) < 4.78 is 5.59. The van der Waals surface area contributed by atoms with Crippen molar-refractivity contribution in [2.45, 2.75) is 25.4 Å². The average molecular weight is 192 g/mol. The number of ether oxygens (including phenoxy) is 1. The maximum absolute atomic E-state index is 11.1. The molecule has 1 N–H and O–H groups in total. The van der Waals surface area contributed by atoms with Crippen LogP contribution in [0.4, 0.5) is 0 Å². The van der Waals surface area contributed by atoms with Crippen molar-refractivity contribution in [3.05, 3.63) is 29.8 Å². The maximum Gasteiger partial charge on any atom is 0.315 e. The minimum absolute atomic E-state index is 0.571. The monoisotopic (exact) mass is 192 g/mol. The van der Waals surface area contributed by atoms with Crippen molar-refractivity contribution in [2.75, 3.05) is 0 Å². The van der Waals surface area contributed by atoms with E-state index in [2.05, 4.69) is 0 Å². The molecule has 0 saturated heterocycles. The van der Waals surface area contributed by atoms with Gasteiger partial charge in [0, 0.05) is 5.56 Å². The summed E-state index contributed by atoms with van der Waals surface area (Å²) in [7, 11) is 0. The van der Waals surface area contributed by atoms with E-state index in [-0.39, 0.29) is 0 Å². The van der Waals surface area contributed by atoms with E-state index in [9.17, 15) is 4.79 Å². The summed E-state index contributed by atoms with van der Waals surface area (Å²) in [5.74, 6) is -0.719. The molecular weight excluding hydrogens is 180 g/mol. The van der Waals surface area contributed by atoms with Crippen LogP contribution in [0.2, 0.25) is 0 Å². The first kappa shape index (κ1) is 9.06. The molecule has 74 valence electrons. The quantitative estimate of drug-likeness (QED) is 0.740. The van der Waals surface area contributed by atoms with Crippen LogP contribution in [0.1, 0.15) is 25.3 Å². The number of benzene rings is 1. The SMILES string of the molecule is CC1(C)Oc2ccccc2C1C(=O)O. The van der Waals surface area contributed by atoms with Crippen molar-refractivity contribution in [1.29, 1.82) is 0 Å². The van der Waals surface area contributed by atoms with E-state index in [0.717, 1.165) is 5.56 Å². The largest absolute Gasteiger partial charge is 0.486 e. The van der Waals surface area contributed by atoms with Crippen LogP contribution in [0, 0.1) is 0 Å². The molecule has 0 bridgehead atoms. The zero-order valence-corrected chi connectivity index (χ0v) is 8.15. The highest BCUT2D eigenvalue weighted by molar-refractivity contribution is 5.80. The molecule has 1 aliphatic heterocycles. The number of aliphatic carboxylic acids is 1. The highest BCUT2D eigenvalue weighted by Gasteiger charge is 2.45. The Morgan fingerprint density at radius 2 is 2.07 bits per heavy atom. The molecule has 0 fully saturated rings. The van der Waals surface area contributed by atoms with E-state index in [1.807, 2.05) is 18.2 Å². The van der Waals surface area contributed by atoms with Crippen molar-refractivity contribution in [3.8, 4) is 5.75 Å². The minimum atomic E-state index is -0.833. The lowest BCUT2D eigenvalue weighted by Gasteiger charge is -2.22. The van der Waals surface area contributed by atoms with E-state index in [1.54, 1.807) is 19.9 Å². The fraction of sp³-hybridized carbons (Fsp3) is 0.364. The summed E-state index contributed by atoms with van der Waals surface area (Å²) in [6.45, 7) is 3.59. The predicted molar refractivity (Wildman–Crippen MR) is 51.5 cm³/mol. The Hall–Kier alpha value is -1.51. The number of hydrogen-bond donors (Lipinski definition) is 1. The van der Waals surface area contributed by atoms with Gasteiger partial charge in [-0.05, 0) is 19.9 Å². The van der Waals surface area contributed by atoms with E-state index >= 15 is 0 Å². The van der Waals surface area contributed by atoms with Crippen LogP contribution in [0.5, 0.6) is 5.75 Å². The van der Waals surface area contributed by atoms with Crippen molar-refractivity contribution >= 4 is 5.97 Å². The first-order chi connectivity index (χ1) is 6.52. The summed E-state index contributed by atoms with van der Waals surface area (Å²) in [6, 6.07) is 7.29. The normalized spacial score (nSPS) is 22.6. The van der Waals surface area contributed by atoms with Gasteiger partial charge in [0.15, 0.2) is 0 Å². The highest BCUT2D eigenvalue weighted by atomic mass is 16.5. The zero-order valence-electron chi connectivity index (χ0n) is 8.15. The third kappa shape index (κ3) is 1.16. The molecule has 1 aliphatic rings. The lowest BCUT2D eigenvalue weighted by atomic mass is 9.87. The summed E-state index contributed by atoms with van der Waals surface area (Å²) in [6.07, 6.45) is 0. The molecule has 0 saturated carbocycles. The molecule has 1 atom stereocenters. The number of rotatable bonds is 1. The molecular formula is C11H12O3. The number of para-hydroxylation sites is 1. The Bertz CT molecular complexity index is 382. The molecule has 1 aromatic rings. The van der Waals surface area contributed by atoms with E-state index < -0.39 is 17.5 Å². The van der Waals surface area contributed by atoms with Crippen molar-refractivity contribution < 1.29 is 14.6 Å². The molecule has 0 radical (unpaired) electrons. The molecule has 2 rings (SSSR count). The fourth-order valence-electron chi connectivity index (χ4n) is 1.96. The van der Waals surface area contributed by atoms with E-state index in [1.165, 1.54) is 0 Å². The smallest absolute Gasteiger partial charge is 0.315 e. The van der Waals surface area contributed by atoms with Gasteiger partial charge in [0.1, 0.15) is 17.3 Å². The second-order valence-electron chi connectivity index (χ2n) is 4.01. The molecule has 0 spiro atoms. The van der Waals surface area contributed by atoms with Gasteiger partial charge in [-0.2, -0.15) is 0 Å². The van der Waals surface area contributed by atoms with Gasteiger partial charge in [-0.3, -0.25) is 4.79 Å². The van der Waals surface area contributed by atoms with Gasteiger partial charge in [-0.15, -0.1) is 0 Å². The summed E-state index contributed by atoms with van der Waals surface area (Å²) in [4.78, 5) is 11.1. The van der Waals surface area contributed by atoms with E-state index in [4.69, 9.17) is 9.84 Å². The summed E-state index contributed by atoms with van der Waals surface area (Å²) >= 11 is 0. The first-order valence-electron chi connectivity index (χ1n) is 4.53. The van der Waals surface area contributed by atoms with E-state index in [0.29, 0.717) is 5.75 Å². The molecule has 14 heavy (non-hydrogen) atoms. The highest BCUT2D eigenvalue weighted by Crippen LogP contribution is 2.44. The Balaban J connectivity index is 2.53. The Kier molecular flexibility index (Phi) is 1.77. The van der Waals surface area contributed by atoms with Crippen LogP contribution in [0.3, 0.4) is 0 Å². The van der Waals surface area contributed by atoms with Gasteiger partial charge < -0.3 is 9.84 Å². The van der Waals surface area contributed by atoms with Gasteiger partial charge in [0.2, 0.25) is 0 Å². The Morgan fingerprint density at radius 1 is 1.43 bits per heavy atom. The average Bonchev–Trinajstić information content (AvgIpc) is 2.33. The molecule has 1 heterocycles.